The number of nitrogens with two attached hydrogens (primary N) is 1. The Kier molecular flexibility index (Phi) is 8.19. The minimum absolute atomic E-state index is 0. The molecule has 2 rings (SSSR count). The lowest BCUT2D eigenvalue weighted by molar-refractivity contribution is -0.136. The summed E-state index contributed by atoms with van der Waals surface area (Å²) in [6.45, 7) is 8.94. The fraction of sp³-hybridized carbons (Fsp3) is 0.632. The quantitative estimate of drug-likeness (QED) is 0.755. The van der Waals surface area contributed by atoms with Gasteiger partial charge in [0.15, 0.2) is 0 Å². The minimum Gasteiger partial charge on any atom is -0.491 e. The van der Waals surface area contributed by atoms with Gasteiger partial charge in [0.05, 0.1) is 12.0 Å². The van der Waals surface area contributed by atoms with Gasteiger partial charge in [-0.15, -0.1) is 12.4 Å². The summed E-state index contributed by atoms with van der Waals surface area (Å²) in [7, 11) is 0. The van der Waals surface area contributed by atoms with E-state index in [0.29, 0.717) is 45.8 Å². The Hall–Kier alpha value is -1.30. The molecule has 0 saturated carbocycles. The van der Waals surface area contributed by atoms with Crippen LogP contribution in [0.15, 0.2) is 24.3 Å². The fourth-order valence-corrected chi connectivity index (χ4v) is 3.01. The van der Waals surface area contributed by atoms with Gasteiger partial charge in [-0.25, -0.2) is 0 Å². The Labute approximate surface area is 157 Å². The number of halogens is 1. The average Bonchev–Trinajstić information content (AvgIpc) is 2.58. The van der Waals surface area contributed by atoms with E-state index >= 15 is 0 Å². The molecule has 6 heteroatoms. The maximum Gasteiger partial charge on any atom is 0.227 e. The Morgan fingerprint density at radius 1 is 1.28 bits per heavy atom. The van der Waals surface area contributed by atoms with Crippen molar-refractivity contribution in [3.05, 3.63) is 29.8 Å². The van der Waals surface area contributed by atoms with Crippen LogP contribution in [0.5, 0.6) is 5.75 Å². The molecule has 1 saturated heterocycles. The van der Waals surface area contributed by atoms with Gasteiger partial charge in [-0.05, 0) is 29.9 Å². The van der Waals surface area contributed by atoms with Crippen molar-refractivity contribution in [3.8, 4) is 5.75 Å². The third kappa shape index (κ3) is 5.59. The highest BCUT2D eigenvalue weighted by Crippen LogP contribution is 2.31. The van der Waals surface area contributed by atoms with Crippen LogP contribution in [0, 0.1) is 5.41 Å². The smallest absolute Gasteiger partial charge is 0.227 e. The van der Waals surface area contributed by atoms with E-state index in [4.69, 9.17) is 15.2 Å². The molecule has 1 aromatic rings. The van der Waals surface area contributed by atoms with E-state index in [2.05, 4.69) is 32.2 Å². The number of nitrogens with one attached hydrogen (secondary N) is 1. The summed E-state index contributed by atoms with van der Waals surface area (Å²) in [6.07, 6.45) is 1.37. The number of carbonyl (C=O) groups is 1. The molecule has 0 aliphatic carbocycles. The first-order chi connectivity index (χ1) is 11.4. The van der Waals surface area contributed by atoms with Crippen molar-refractivity contribution in [3.63, 3.8) is 0 Å². The summed E-state index contributed by atoms with van der Waals surface area (Å²) in [6, 6.07) is 8.04. The van der Waals surface area contributed by atoms with E-state index in [1.807, 2.05) is 18.2 Å². The van der Waals surface area contributed by atoms with Crippen LogP contribution in [-0.4, -0.2) is 38.8 Å². The number of hydrogen-bond donors (Lipinski definition) is 2. The highest BCUT2D eigenvalue weighted by molar-refractivity contribution is 5.85. The molecule has 1 aromatic carbocycles. The normalized spacial score (nSPS) is 16.6. The number of rotatable bonds is 6. The number of hydrogen-bond acceptors (Lipinski definition) is 4. The first kappa shape index (κ1) is 21.7. The predicted molar refractivity (Wildman–Crippen MR) is 102 cm³/mol. The molecule has 3 N–H and O–H groups in total. The minimum atomic E-state index is -0.485. The molecule has 142 valence electrons. The SMILES string of the molecule is CC(C)(C)c1ccccc1OCCNC(=O)C1(CN)CCOCC1.Cl. The summed E-state index contributed by atoms with van der Waals surface area (Å²) in [5.41, 5.74) is 6.56. The second-order valence-electron chi connectivity index (χ2n) is 7.45. The second kappa shape index (κ2) is 9.41. The molecule has 0 unspecified atom stereocenters. The Morgan fingerprint density at radius 2 is 1.92 bits per heavy atom. The van der Waals surface area contributed by atoms with Gasteiger partial charge in [0.25, 0.3) is 0 Å². The van der Waals surface area contributed by atoms with E-state index in [1.54, 1.807) is 0 Å². The predicted octanol–water partition coefficient (Wildman–Crippen LogP) is 2.66. The van der Waals surface area contributed by atoms with Crippen LogP contribution in [0.1, 0.15) is 39.2 Å². The van der Waals surface area contributed by atoms with Gasteiger partial charge in [-0.2, -0.15) is 0 Å². The summed E-state index contributed by atoms with van der Waals surface area (Å²) in [4.78, 5) is 12.5. The van der Waals surface area contributed by atoms with Crippen molar-refractivity contribution in [2.24, 2.45) is 11.1 Å². The van der Waals surface area contributed by atoms with Gasteiger partial charge in [-0.1, -0.05) is 39.0 Å². The van der Waals surface area contributed by atoms with E-state index in [1.165, 1.54) is 5.56 Å². The van der Waals surface area contributed by atoms with Crippen LogP contribution < -0.4 is 15.8 Å². The number of benzene rings is 1. The number of ether oxygens (including phenoxy) is 2. The zero-order valence-electron chi connectivity index (χ0n) is 15.5. The molecule has 25 heavy (non-hydrogen) atoms. The van der Waals surface area contributed by atoms with Gasteiger partial charge in [0.2, 0.25) is 5.91 Å². The number of amides is 1. The molecule has 1 aliphatic heterocycles. The Balaban J connectivity index is 0.00000312. The van der Waals surface area contributed by atoms with Gasteiger partial charge in [0, 0.05) is 19.8 Å². The fourth-order valence-electron chi connectivity index (χ4n) is 3.01. The van der Waals surface area contributed by atoms with Crippen LogP contribution in [0.25, 0.3) is 0 Å². The van der Waals surface area contributed by atoms with Gasteiger partial charge < -0.3 is 20.5 Å². The third-order valence-corrected chi connectivity index (χ3v) is 4.66. The second-order valence-corrected chi connectivity index (χ2v) is 7.45. The molecular formula is C19H31ClN2O3. The summed E-state index contributed by atoms with van der Waals surface area (Å²) < 4.78 is 11.2. The van der Waals surface area contributed by atoms with Crippen LogP contribution in [0.3, 0.4) is 0 Å². The van der Waals surface area contributed by atoms with E-state index in [0.717, 1.165) is 5.75 Å². The van der Waals surface area contributed by atoms with Crippen LogP contribution in [0.4, 0.5) is 0 Å². The van der Waals surface area contributed by atoms with Crippen molar-refractivity contribution < 1.29 is 14.3 Å². The van der Waals surface area contributed by atoms with Crippen molar-refractivity contribution in [2.75, 3.05) is 32.9 Å². The van der Waals surface area contributed by atoms with Gasteiger partial charge in [0.1, 0.15) is 12.4 Å². The van der Waals surface area contributed by atoms with Crippen molar-refractivity contribution in [2.45, 2.75) is 39.0 Å². The van der Waals surface area contributed by atoms with Crippen molar-refractivity contribution in [1.29, 1.82) is 0 Å². The highest BCUT2D eigenvalue weighted by Gasteiger charge is 2.38. The molecular weight excluding hydrogens is 340 g/mol. The number of para-hydroxylation sites is 1. The zero-order valence-corrected chi connectivity index (χ0v) is 16.3. The largest absolute Gasteiger partial charge is 0.491 e. The summed E-state index contributed by atoms with van der Waals surface area (Å²) in [5.74, 6) is 0.889. The first-order valence-electron chi connectivity index (χ1n) is 8.67. The van der Waals surface area contributed by atoms with Gasteiger partial charge in [-0.3, -0.25) is 4.79 Å². The van der Waals surface area contributed by atoms with Crippen molar-refractivity contribution in [1.82, 2.24) is 5.32 Å². The molecule has 0 radical (unpaired) electrons. The first-order valence-corrected chi connectivity index (χ1v) is 8.67. The van der Waals surface area contributed by atoms with Crippen LogP contribution in [-0.2, 0) is 14.9 Å². The highest BCUT2D eigenvalue weighted by atomic mass is 35.5. The molecule has 1 aliphatic rings. The molecule has 0 bridgehead atoms. The molecule has 0 atom stereocenters. The lowest BCUT2D eigenvalue weighted by Gasteiger charge is -2.34. The van der Waals surface area contributed by atoms with E-state index in [9.17, 15) is 4.79 Å². The zero-order chi connectivity index (χ0) is 17.6. The van der Waals surface area contributed by atoms with Gasteiger partial charge >= 0.3 is 0 Å². The third-order valence-electron chi connectivity index (χ3n) is 4.66. The Bertz CT molecular complexity index is 552. The van der Waals surface area contributed by atoms with Crippen LogP contribution in [0.2, 0.25) is 0 Å². The summed E-state index contributed by atoms with van der Waals surface area (Å²) >= 11 is 0. The van der Waals surface area contributed by atoms with Crippen LogP contribution >= 0.6 is 12.4 Å². The van der Waals surface area contributed by atoms with E-state index < -0.39 is 5.41 Å². The molecule has 1 heterocycles. The molecule has 5 nitrogen and oxygen atoms in total. The maximum absolute atomic E-state index is 12.5. The number of carbonyl (C=O) groups excluding carboxylic acids is 1. The summed E-state index contributed by atoms with van der Waals surface area (Å²) in [5, 5.41) is 2.97. The molecule has 0 spiro atoms. The average molecular weight is 371 g/mol. The maximum atomic E-state index is 12.5. The molecule has 1 fully saturated rings. The monoisotopic (exact) mass is 370 g/mol. The lowest BCUT2D eigenvalue weighted by atomic mass is 9.79. The van der Waals surface area contributed by atoms with Crippen molar-refractivity contribution >= 4 is 18.3 Å². The Morgan fingerprint density at radius 3 is 2.52 bits per heavy atom. The standard InChI is InChI=1S/C19H30N2O3.ClH/c1-18(2,3)15-6-4-5-7-16(15)24-13-10-21-17(22)19(14-20)8-11-23-12-9-19;/h4-7H,8-14,20H2,1-3H3,(H,21,22);1H. The molecule has 0 aromatic heterocycles. The lowest BCUT2D eigenvalue weighted by Crippen LogP contribution is -2.49. The topological polar surface area (TPSA) is 73.6 Å². The van der Waals surface area contributed by atoms with E-state index in [-0.39, 0.29) is 23.7 Å². The molecule has 1 amide bonds.